The lowest BCUT2D eigenvalue weighted by Crippen LogP contribution is -2.23. The van der Waals surface area contributed by atoms with Gasteiger partial charge in [-0.1, -0.05) is 19.9 Å². The zero-order chi connectivity index (χ0) is 19.6. The summed E-state index contributed by atoms with van der Waals surface area (Å²) >= 11 is 0. The van der Waals surface area contributed by atoms with Crippen LogP contribution in [-0.2, 0) is 15.0 Å². The van der Waals surface area contributed by atoms with Crippen molar-refractivity contribution < 1.29 is 28.2 Å². The Hall–Kier alpha value is -3.09. The number of carbonyl (C=O) groups excluding carboxylic acids is 2. The van der Waals surface area contributed by atoms with Gasteiger partial charge in [0.15, 0.2) is 11.3 Å². The standard InChI is InChI=1S/C19H20O7/c1-7-19(4,5)13-8-12-9-14(23-6)16(24-10(2)20)17(25-11(3)21)15(12)26-18(13)22/h7-9H,1H2,2-6H3. The summed E-state index contributed by atoms with van der Waals surface area (Å²) in [5.74, 6) is -1.50. The predicted molar refractivity (Wildman–Crippen MR) is 94.9 cm³/mol. The molecule has 0 atom stereocenters. The van der Waals surface area contributed by atoms with Crippen LogP contribution < -0.4 is 19.8 Å². The summed E-state index contributed by atoms with van der Waals surface area (Å²) in [4.78, 5) is 35.4. The number of hydrogen-bond acceptors (Lipinski definition) is 7. The van der Waals surface area contributed by atoms with Crippen LogP contribution in [0.2, 0.25) is 0 Å². The van der Waals surface area contributed by atoms with Gasteiger partial charge in [-0.25, -0.2) is 4.79 Å². The number of esters is 2. The molecular formula is C19H20O7. The second kappa shape index (κ2) is 7.03. The summed E-state index contributed by atoms with van der Waals surface area (Å²) in [6.45, 7) is 9.73. The summed E-state index contributed by atoms with van der Waals surface area (Å²) in [6.07, 6.45) is 1.63. The molecule has 26 heavy (non-hydrogen) atoms. The molecule has 1 aromatic carbocycles. The van der Waals surface area contributed by atoms with Crippen molar-refractivity contribution in [2.24, 2.45) is 0 Å². The number of fused-ring (bicyclic) bond motifs is 1. The molecule has 0 saturated carbocycles. The molecular weight excluding hydrogens is 340 g/mol. The highest BCUT2D eigenvalue weighted by molar-refractivity contribution is 5.92. The molecule has 138 valence electrons. The third-order valence-corrected chi connectivity index (χ3v) is 3.82. The van der Waals surface area contributed by atoms with Crippen molar-refractivity contribution in [2.45, 2.75) is 33.1 Å². The van der Waals surface area contributed by atoms with E-state index in [2.05, 4.69) is 6.58 Å². The molecule has 0 aliphatic heterocycles. The van der Waals surface area contributed by atoms with Gasteiger partial charge in [-0.15, -0.1) is 6.58 Å². The maximum atomic E-state index is 12.5. The Morgan fingerprint density at radius 2 is 1.69 bits per heavy atom. The number of hydrogen-bond donors (Lipinski definition) is 0. The monoisotopic (exact) mass is 360 g/mol. The zero-order valence-electron chi connectivity index (χ0n) is 15.3. The number of methoxy groups -OCH3 is 1. The molecule has 0 aliphatic carbocycles. The summed E-state index contributed by atoms with van der Waals surface area (Å²) in [6, 6.07) is 3.14. The van der Waals surface area contributed by atoms with Crippen LogP contribution in [0.25, 0.3) is 11.0 Å². The van der Waals surface area contributed by atoms with Gasteiger partial charge < -0.3 is 18.6 Å². The Morgan fingerprint density at radius 3 is 2.19 bits per heavy atom. The van der Waals surface area contributed by atoms with Gasteiger partial charge in [0.2, 0.25) is 11.5 Å². The number of carbonyl (C=O) groups is 2. The molecule has 0 amide bonds. The van der Waals surface area contributed by atoms with Crippen molar-refractivity contribution in [2.75, 3.05) is 7.11 Å². The summed E-state index contributed by atoms with van der Waals surface area (Å²) in [5, 5.41) is 0.443. The van der Waals surface area contributed by atoms with Crippen molar-refractivity contribution in [1.29, 1.82) is 0 Å². The first kappa shape index (κ1) is 19.2. The van der Waals surface area contributed by atoms with E-state index in [1.54, 1.807) is 12.1 Å². The van der Waals surface area contributed by atoms with Crippen LogP contribution in [-0.4, -0.2) is 19.0 Å². The lowest BCUT2D eigenvalue weighted by Gasteiger charge is -2.20. The Kier molecular flexibility index (Phi) is 5.20. The van der Waals surface area contributed by atoms with Gasteiger partial charge in [-0.05, 0) is 12.1 Å². The van der Waals surface area contributed by atoms with E-state index >= 15 is 0 Å². The van der Waals surface area contributed by atoms with Crippen LogP contribution in [0.5, 0.6) is 17.2 Å². The molecule has 0 spiro atoms. The van der Waals surface area contributed by atoms with Gasteiger partial charge >= 0.3 is 17.6 Å². The van der Waals surface area contributed by atoms with Crippen molar-refractivity contribution >= 4 is 22.9 Å². The SMILES string of the molecule is C=CC(C)(C)c1cc2cc(OC)c(OC(C)=O)c(OC(C)=O)c2oc1=O. The second-order valence-electron chi connectivity index (χ2n) is 6.22. The Balaban J connectivity index is 2.92. The second-order valence-corrected chi connectivity index (χ2v) is 6.22. The molecule has 7 nitrogen and oxygen atoms in total. The topological polar surface area (TPSA) is 92.0 Å². The van der Waals surface area contributed by atoms with E-state index in [4.69, 9.17) is 18.6 Å². The van der Waals surface area contributed by atoms with Crippen LogP contribution in [0.4, 0.5) is 0 Å². The quantitative estimate of drug-likeness (QED) is 0.350. The van der Waals surface area contributed by atoms with Gasteiger partial charge in [0, 0.05) is 30.2 Å². The molecule has 0 fully saturated rings. The molecule has 1 aromatic heterocycles. The van der Waals surface area contributed by atoms with Crippen molar-refractivity contribution in [3.8, 4) is 17.2 Å². The molecule has 0 N–H and O–H groups in total. The first-order chi connectivity index (χ1) is 12.1. The Labute approximate surface area is 150 Å². The van der Waals surface area contributed by atoms with Crippen LogP contribution in [0.1, 0.15) is 33.3 Å². The van der Waals surface area contributed by atoms with Crippen molar-refractivity contribution in [3.05, 3.63) is 40.8 Å². The van der Waals surface area contributed by atoms with Gasteiger partial charge in [0.05, 0.1) is 7.11 Å². The molecule has 2 rings (SSSR count). The third-order valence-electron chi connectivity index (χ3n) is 3.82. The Morgan fingerprint density at radius 1 is 1.12 bits per heavy atom. The fourth-order valence-corrected chi connectivity index (χ4v) is 2.38. The first-order valence-electron chi connectivity index (χ1n) is 7.80. The van der Waals surface area contributed by atoms with Crippen LogP contribution in [0.15, 0.2) is 34.0 Å². The molecule has 0 aliphatic rings. The molecule has 0 unspecified atom stereocenters. The fraction of sp³-hybridized carbons (Fsp3) is 0.316. The highest BCUT2D eigenvalue weighted by Gasteiger charge is 2.27. The highest BCUT2D eigenvalue weighted by Crippen LogP contribution is 2.44. The smallest absolute Gasteiger partial charge is 0.340 e. The minimum Gasteiger partial charge on any atom is -0.493 e. The number of ether oxygens (including phenoxy) is 3. The summed E-state index contributed by atoms with van der Waals surface area (Å²) in [7, 11) is 1.37. The van der Waals surface area contributed by atoms with E-state index in [0.717, 1.165) is 0 Å². The van der Waals surface area contributed by atoms with E-state index in [9.17, 15) is 14.4 Å². The summed E-state index contributed by atoms with van der Waals surface area (Å²) in [5.41, 5.74) is -0.908. The lowest BCUT2D eigenvalue weighted by molar-refractivity contribution is -0.134. The summed E-state index contributed by atoms with van der Waals surface area (Å²) < 4.78 is 20.9. The molecule has 2 aromatic rings. The average Bonchev–Trinajstić information content (AvgIpc) is 2.55. The first-order valence-corrected chi connectivity index (χ1v) is 7.80. The third kappa shape index (κ3) is 3.61. The maximum absolute atomic E-state index is 12.5. The van der Waals surface area contributed by atoms with Crippen molar-refractivity contribution in [3.63, 3.8) is 0 Å². The predicted octanol–water partition coefficient (Wildman–Crippen LogP) is 3.12. The number of rotatable bonds is 5. The molecule has 7 heteroatoms. The largest absolute Gasteiger partial charge is 0.493 e. The maximum Gasteiger partial charge on any atom is 0.340 e. The minimum absolute atomic E-state index is 0.0223. The van der Waals surface area contributed by atoms with Gasteiger partial charge in [-0.2, -0.15) is 0 Å². The number of allylic oxidation sites excluding steroid dienone is 1. The zero-order valence-corrected chi connectivity index (χ0v) is 15.3. The van der Waals surface area contributed by atoms with Crippen LogP contribution in [0, 0.1) is 0 Å². The highest BCUT2D eigenvalue weighted by atomic mass is 16.6. The molecule has 0 radical (unpaired) electrons. The normalized spacial score (nSPS) is 11.1. The van der Waals surface area contributed by atoms with E-state index in [0.29, 0.717) is 10.9 Å². The molecule has 0 bridgehead atoms. The van der Waals surface area contributed by atoms with E-state index in [-0.39, 0.29) is 22.8 Å². The van der Waals surface area contributed by atoms with E-state index < -0.39 is 23.0 Å². The molecule has 0 saturated heterocycles. The lowest BCUT2D eigenvalue weighted by atomic mass is 9.85. The molecule has 1 heterocycles. The van der Waals surface area contributed by atoms with Crippen LogP contribution >= 0.6 is 0 Å². The average molecular weight is 360 g/mol. The number of benzene rings is 1. The van der Waals surface area contributed by atoms with Gasteiger partial charge in [0.25, 0.3) is 0 Å². The Bertz CT molecular complexity index is 950. The van der Waals surface area contributed by atoms with E-state index in [1.807, 2.05) is 13.8 Å². The van der Waals surface area contributed by atoms with Gasteiger partial charge in [-0.3, -0.25) is 9.59 Å². The fourth-order valence-electron chi connectivity index (χ4n) is 2.38. The van der Waals surface area contributed by atoms with Crippen LogP contribution in [0.3, 0.4) is 0 Å². The van der Waals surface area contributed by atoms with E-state index in [1.165, 1.54) is 27.0 Å². The van der Waals surface area contributed by atoms with Crippen molar-refractivity contribution in [1.82, 2.24) is 0 Å². The van der Waals surface area contributed by atoms with Gasteiger partial charge in [0.1, 0.15) is 0 Å². The minimum atomic E-state index is -0.675.